The molecule has 2 rings (SSSR count). The van der Waals surface area contributed by atoms with Crippen molar-refractivity contribution < 1.29 is 14.3 Å². The van der Waals surface area contributed by atoms with E-state index < -0.39 is 0 Å². The Kier molecular flexibility index (Phi) is 4.88. The van der Waals surface area contributed by atoms with E-state index in [0.717, 1.165) is 5.69 Å². The topological polar surface area (TPSA) is 73.3 Å². The summed E-state index contributed by atoms with van der Waals surface area (Å²) in [7, 11) is 1.58. The number of carbonyl (C=O) groups excluding carboxylic acids is 1. The summed E-state index contributed by atoms with van der Waals surface area (Å²) < 4.78 is 10.4. The summed E-state index contributed by atoms with van der Waals surface area (Å²) in [6, 6.07) is 7.00. The highest BCUT2D eigenvalue weighted by Gasteiger charge is 2.04. The van der Waals surface area contributed by atoms with Crippen molar-refractivity contribution in [2.75, 3.05) is 13.7 Å². The lowest BCUT2D eigenvalue weighted by Gasteiger charge is -2.07. The van der Waals surface area contributed by atoms with Gasteiger partial charge in [-0.15, -0.1) is 0 Å². The average molecular weight is 273 g/mol. The normalized spacial score (nSPS) is 9.85. The van der Waals surface area contributed by atoms with Crippen LogP contribution in [-0.2, 0) is 11.3 Å². The van der Waals surface area contributed by atoms with Gasteiger partial charge in [-0.2, -0.15) is 0 Å². The van der Waals surface area contributed by atoms with Gasteiger partial charge in [-0.1, -0.05) is 0 Å². The van der Waals surface area contributed by atoms with E-state index in [1.807, 2.05) is 0 Å². The Morgan fingerprint density at radius 1 is 1.30 bits per heavy atom. The predicted octanol–water partition coefficient (Wildman–Crippen LogP) is 1.18. The molecule has 2 heterocycles. The first-order chi connectivity index (χ1) is 9.78. The number of nitrogens with one attached hydrogen (secondary N) is 1. The van der Waals surface area contributed by atoms with Gasteiger partial charge in [-0.05, 0) is 18.2 Å². The average Bonchev–Trinajstić information content (AvgIpc) is 2.52. The third-order valence-corrected chi connectivity index (χ3v) is 2.49. The van der Waals surface area contributed by atoms with Crippen LogP contribution in [0.15, 0.2) is 42.9 Å². The summed E-state index contributed by atoms with van der Waals surface area (Å²) in [6.45, 7) is 0.266. The molecule has 1 amide bonds. The molecular weight excluding hydrogens is 258 g/mol. The fourth-order valence-corrected chi connectivity index (χ4v) is 1.50. The van der Waals surface area contributed by atoms with Crippen LogP contribution >= 0.6 is 0 Å². The van der Waals surface area contributed by atoms with E-state index in [1.54, 1.807) is 50.0 Å². The molecule has 0 aromatic carbocycles. The summed E-state index contributed by atoms with van der Waals surface area (Å²) in [5.74, 6) is 1.04. The standard InChI is InChI=1S/C14H15N3O3/c1-19-12-4-6-16-11(7-12)8-17-14(18)10-20-13-3-2-5-15-9-13/h2-7,9H,8,10H2,1H3,(H,17,18). The molecule has 6 heteroatoms. The van der Waals surface area contributed by atoms with Gasteiger partial charge in [0.15, 0.2) is 6.61 Å². The molecule has 0 atom stereocenters. The van der Waals surface area contributed by atoms with Crippen molar-refractivity contribution in [1.29, 1.82) is 0 Å². The molecular formula is C14H15N3O3. The van der Waals surface area contributed by atoms with E-state index in [1.165, 1.54) is 0 Å². The van der Waals surface area contributed by atoms with Crippen LogP contribution in [0.4, 0.5) is 0 Å². The lowest BCUT2D eigenvalue weighted by molar-refractivity contribution is -0.123. The zero-order valence-corrected chi connectivity index (χ0v) is 11.1. The molecule has 0 saturated heterocycles. The Hall–Kier alpha value is -2.63. The molecule has 0 aliphatic rings. The molecule has 0 fully saturated rings. The zero-order chi connectivity index (χ0) is 14.2. The van der Waals surface area contributed by atoms with Gasteiger partial charge in [0.05, 0.1) is 25.5 Å². The van der Waals surface area contributed by atoms with Gasteiger partial charge in [0.1, 0.15) is 11.5 Å². The van der Waals surface area contributed by atoms with Crippen molar-refractivity contribution in [2.24, 2.45) is 0 Å². The Labute approximate surface area is 116 Å². The summed E-state index contributed by atoms with van der Waals surface area (Å²) in [5.41, 5.74) is 0.721. The molecule has 104 valence electrons. The van der Waals surface area contributed by atoms with E-state index in [-0.39, 0.29) is 12.5 Å². The number of rotatable bonds is 6. The minimum Gasteiger partial charge on any atom is -0.497 e. The van der Waals surface area contributed by atoms with Crippen LogP contribution in [0.5, 0.6) is 11.5 Å². The quantitative estimate of drug-likeness (QED) is 0.855. The van der Waals surface area contributed by atoms with E-state index in [4.69, 9.17) is 9.47 Å². The van der Waals surface area contributed by atoms with Crippen molar-refractivity contribution in [2.45, 2.75) is 6.54 Å². The number of carbonyl (C=O) groups is 1. The Balaban J connectivity index is 1.77. The number of nitrogens with zero attached hydrogens (tertiary/aromatic N) is 2. The summed E-state index contributed by atoms with van der Waals surface area (Å²) in [5, 5.41) is 2.72. The molecule has 0 saturated carbocycles. The number of hydrogen-bond acceptors (Lipinski definition) is 5. The van der Waals surface area contributed by atoms with Crippen LogP contribution in [0.25, 0.3) is 0 Å². The lowest BCUT2D eigenvalue weighted by atomic mass is 10.3. The summed E-state index contributed by atoms with van der Waals surface area (Å²) >= 11 is 0. The van der Waals surface area contributed by atoms with Gasteiger partial charge < -0.3 is 14.8 Å². The zero-order valence-electron chi connectivity index (χ0n) is 11.1. The fraction of sp³-hybridized carbons (Fsp3) is 0.214. The second-order valence-corrected chi connectivity index (χ2v) is 3.94. The Morgan fingerprint density at radius 2 is 2.20 bits per heavy atom. The van der Waals surface area contributed by atoms with Crippen LogP contribution in [0.2, 0.25) is 0 Å². The van der Waals surface area contributed by atoms with Gasteiger partial charge in [0.2, 0.25) is 0 Å². The molecule has 1 N–H and O–H groups in total. The summed E-state index contributed by atoms with van der Waals surface area (Å²) in [4.78, 5) is 19.7. The third-order valence-electron chi connectivity index (χ3n) is 2.49. The van der Waals surface area contributed by atoms with Crippen molar-refractivity contribution >= 4 is 5.91 Å². The first-order valence-corrected chi connectivity index (χ1v) is 6.06. The molecule has 0 aliphatic carbocycles. The Morgan fingerprint density at radius 3 is 2.95 bits per heavy atom. The molecule has 0 unspecified atom stereocenters. The highest BCUT2D eigenvalue weighted by atomic mass is 16.5. The number of methoxy groups -OCH3 is 1. The highest BCUT2D eigenvalue weighted by molar-refractivity contribution is 5.77. The van der Waals surface area contributed by atoms with Crippen LogP contribution in [0.3, 0.4) is 0 Å². The van der Waals surface area contributed by atoms with Gasteiger partial charge in [-0.25, -0.2) is 0 Å². The monoisotopic (exact) mass is 273 g/mol. The maximum atomic E-state index is 11.6. The molecule has 0 radical (unpaired) electrons. The van der Waals surface area contributed by atoms with E-state index in [2.05, 4.69) is 15.3 Å². The van der Waals surface area contributed by atoms with Crippen LogP contribution in [-0.4, -0.2) is 29.6 Å². The van der Waals surface area contributed by atoms with E-state index >= 15 is 0 Å². The maximum absolute atomic E-state index is 11.6. The van der Waals surface area contributed by atoms with Crippen molar-refractivity contribution in [3.05, 3.63) is 48.5 Å². The number of aromatic nitrogens is 2. The van der Waals surface area contributed by atoms with Crippen LogP contribution in [0, 0.1) is 0 Å². The van der Waals surface area contributed by atoms with Gasteiger partial charge in [-0.3, -0.25) is 14.8 Å². The molecule has 2 aromatic rings. The van der Waals surface area contributed by atoms with Crippen molar-refractivity contribution in [3.8, 4) is 11.5 Å². The van der Waals surface area contributed by atoms with E-state index in [0.29, 0.717) is 18.0 Å². The van der Waals surface area contributed by atoms with Crippen molar-refractivity contribution in [1.82, 2.24) is 15.3 Å². The fourth-order valence-electron chi connectivity index (χ4n) is 1.50. The third kappa shape index (κ3) is 4.24. The Bertz CT molecular complexity index is 561. The van der Waals surface area contributed by atoms with Gasteiger partial charge >= 0.3 is 0 Å². The van der Waals surface area contributed by atoms with E-state index in [9.17, 15) is 4.79 Å². The SMILES string of the molecule is COc1ccnc(CNC(=O)COc2cccnc2)c1. The summed E-state index contributed by atoms with van der Waals surface area (Å²) in [6.07, 6.45) is 4.82. The van der Waals surface area contributed by atoms with Crippen LogP contribution in [0.1, 0.15) is 5.69 Å². The largest absolute Gasteiger partial charge is 0.497 e. The smallest absolute Gasteiger partial charge is 0.258 e. The highest BCUT2D eigenvalue weighted by Crippen LogP contribution is 2.09. The number of hydrogen-bond donors (Lipinski definition) is 1. The molecule has 0 aliphatic heterocycles. The molecule has 6 nitrogen and oxygen atoms in total. The lowest BCUT2D eigenvalue weighted by Crippen LogP contribution is -2.28. The number of ether oxygens (including phenoxy) is 2. The molecule has 0 spiro atoms. The number of pyridine rings is 2. The first-order valence-electron chi connectivity index (χ1n) is 6.06. The van der Waals surface area contributed by atoms with Crippen LogP contribution < -0.4 is 14.8 Å². The van der Waals surface area contributed by atoms with Gasteiger partial charge in [0.25, 0.3) is 5.91 Å². The first kappa shape index (κ1) is 13.8. The van der Waals surface area contributed by atoms with Crippen molar-refractivity contribution in [3.63, 3.8) is 0 Å². The molecule has 0 bridgehead atoms. The predicted molar refractivity (Wildman–Crippen MR) is 72.4 cm³/mol. The minimum absolute atomic E-state index is 0.0599. The molecule has 2 aromatic heterocycles. The second kappa shape index (κ2) is 7.08. The number of amides is 1. The second-order valence-electron chi connectivity index (χ2n) is 3.94. The molecule has 20 heavy (non-hydrogen) atoms. The minimum atomic E-state index is -0.224. The maximum Gasteiger partial charge on any atom is 0.258 e. The van der Waals surface area contributed by atoms with Gasteiger partial charge in [0, 0.05) is 18.5 Å².